The summed E-state index contributed by atoms with van der Waals surface area (Å²) < 4.78 is 11.5. The van der Waals surface area contributed by atoms with Crippen molar-refractivity contribution in [1.82, 2.24) is 0 Å². The van der Waals surface area contributed by atoms with Crippen LogP contribution < -0.4 is 0 Å². The minimum absolute atomic E-state index is 0.234. The molecular formula is C21H36O4. The van der Waals surface area contributed by atoms with Gasteiger partial charge in [-0.2, -0.15) is 0 Å². The van der Waals surface area contributed by atoms with Crippen molar-refractivity contribution < 1.29 is 19.7 Å². The van der Waals surface area contributed by atoms with Crippen molar-refractivity contribution in [2.24, 2.45) is 29.6 Å². The zero-order chi connectivity index (χ0) is 17.6. The lowest BCUT2D eigenvalue weighted by molar-refractivity contribution is -0.231. The monoisotopic (exact) mass is 352 g/mol. The van der Waals surface area contributed by atoms with Crippen LogP contribution >= 0.6 is 0 Å². The van der Waals surface area contributed by atoms with Gasteiger partial charge in [0.05, 0.1) is 5.60 Å². The Morgan fingerprint density at radius 3 is 2.32 bits per heavy atom. The van der Waals surface area contributed by atoms with Gasteiger partial charge in [0.1, 0.15) is 6.10 Å². The maximum Gasteiger partial charge on any atom is 0.181 e. The molecule has 4 heteroatoms. The third-order valence-corrected chi connectivity index (χ3v) is 7.65. The van der Waals surface area contributed by atoms with Crippen molar-refractivity contribution in [3.05, 3.63) is 0 Å². The molecular weight excluding hydrogens is 316 g/mol. The lowest BCUT2D eigenvalue weighted by Crippen LogP contribution is -2.45. The van der Waals surface area contributed by atoms with Gasteiger partial charge in [0.15, 0.2) is 12.6 Å². The number of fused-ring (bicyclic) bond motifs is 2. The molecule has 8 atom stereocenters. The molecule has 7 unspecified atom stereocenters. The zero-order valence-corrected chi connectivity index (χ0v) is 15.9. The maximum absolute atomic E-state index is 10.9. The van der Waals surface area contributed by atoms with E-state index >= 15 is 0 Å². The molecule has 25 heavy (non-hydrogen) atoms. The largest absolute Gasteiger partial charge is 0.368 e. The molecule has 0 radical (unpaired) electrons. The average Bonchev–Trinajstić information content (AvgIpc) is 2.84. The first-order valence-corrected chi connectivity index (χ1v) is 10.6. The summed E-state index contributed by atoms with van der Waals surface area (Å²) in [5.41, 5.74) is -0.376. The topological polar surface area (TPSA) is 58.9 Å². The molecule has 4 aliphatic rings. The fourth-order valence-electron chi connectivity index (χ4n) is 6.48. The van der Waals surface area contributed by atoms with Crippen molar-refractivity contribution in [3.63, 3.8) is 0 Å². The molecule has 4 rings (SSSR count). The fraction of sp³-hybridized carbons (Fsp3) is 1.00. The summed E-state index contributed by atoms with van der Waals surface area (Å²) in [6.07, 6.45) is 10.4. The van der Waals surface area contributed by atoms with Crippen LogP contribution in [0.3, 0.4) is 0 Å². The Balaban J connectivity index is 1.41. The molecule has 0 spiro atoms. The summed E-state index contributed by atoms with van der Waals surface area (Å²) in [7, 11) is 0. The molecule has 3 aliphatic carbocycles. The highest BCUT2D eigenvalue weighted by atomic mass is 16.7. The van der Waals surface area contributed by atoms with Crippen LogP contribution in [0.2, 0.25) is 0 Å². The predicted molar refractivity (Wildman–Crippen MR) is 95.7 cm³/mol. The average molecular weight is 353 g/mol. The van der Waals surface area contributed by atoms with Crippen molar-refractivity contribution >= 4 is 0 Å². The molecule has 3 saturated carbocycles. The zero-order valence-electron chi connectivity index (χ0n) is 15.9. The van der Waals surface area contributed by atoms with E-state index in [4.69, 9.17) is 9.47 Å². The molecule has 0 aromatic rings. The summed E-state index contributed by atoms with van der Waals surface area (Å²) in [6, 6.07) is 0. The van der Waals surface area contributed by atoms with Gasteiger partial charge >= 0.3 is 0 Å². The quantitative estimate of drug-likeness (QED) is 0.758. The molecule has 4 nitrogen and oxygen atoms in total. The second-order valence-electron chi connectivity index (χ2n) is 9.83. The normalized spacial score (nSPS) is 47.8. The SMILES string of the molecule is CC1(C)CC(OC(O)C2CCCC3CC4CCCCC4C[C@H]32)C(O)O1. The molecule has 1 heterocycles. The van der Waals surface area contributed by atoms with Crippen molar-refractivity contribution in [3.8, 4) is 0 Å². The van der Waals surface area contributed by atoms with Gasteiger partial charge in [-0.25, -0.2) is 0 Å². The van der Waals surface area contributed by atoms with Gasteiger partial charge in [0, 0.05) is 12.3 Å². The number of hydrogen-bond donors (Lipinski definition) is 2. The molecule has 0 aromatic carbocycles. The molecule has 2 N–H and O–H groups in total. The van der Waals surface area contributed by atoms with Crippen LogP contribution in [-0.2, 0) is 9.47 Å². The van der Waals surface area contributed by atoms with Gasteiger partial charge in [-0.15, -0.1) is 0 Å². The second-order valence-corrected chi connectivity index (χ2v) is 9.83. The summed E-state index contributed by atoms with van der Waals surface area (Å²) in [5, 5.41) is 21.0. The van der Waals surface area contributed by atoms with Crippen molar-refractivity contribution in [1.29, 1.82) is 0 Å². The van der Waals surface area contributed by atoms with Crippen molar-refractivity contribution in [2.45, 2.75) is 102 Å². The van der Waals surface area contributed by atoms with Gasteiger partial charge in [-0.05, 0) is 56.8 Å². The molecule has 1 saturated heterocycles. The summed E-state index contributed by atoms with van der Waals surface area (Å²) in [4.78, 5) is 0. The fourth-order valence-corrected chi connectivity index (χ4v) is 6.48. The van der Waals surface area contributed by atoms with Crippen LogP contribution in [0.1, 0.15) is 78.1 Å². The van der Waals surface area contributed by atoms with Crippen LogP contribution in [-0.4, -0.2) is 34.5 Å². The van der Waals surface area contributed by atoms with Crippen LogP contribution in [0.25, 0.3) is 0 Å². The first-order valence-electron chi connectivity index (χ1n) is 10.6. The van der Waals surface area contributed by atoms with E-state index in [1.54, 1.807) is 0 Å². The number of aliphatic hydroxyl groups is 2. The second kappa shape index (κ2) is 7.10. The van der Waals surface area contributed by atoms with Gasteiger partial charge in [-0.3, -0.25) is 0 Å². The first kappa shape index (κ1) is 18.2. The Morgan fingerprint density at radius 1 is 0.960 bits per heavy atom. The van der Waals surface area contributed by atoms with E-state index < -0.39 is 18.7 Å². The van der Waals surface area contributed by atoms with Gasteiger partial charge in [-0.1, -0.05) is 38.5 Å². The highest BCUT2D eigenvalue weighted by Gasteiger charge is 2.47. The van der Waals surface area contributed by atoms with E-state index in [0.29, 0.717) is 12.3 Å². The number of hydrogen-bond acceptors (Lipinski definition) is 4. The smallest absolute Gasteiger partial charge is 0.181 e. The van der Waals surface area contributed by atoms with Crippen LogP contribution in [0.5, 0.6) is 0 Å². The van der Waals surface area contributed by atoms with E-state index in [-0.39, 0.29) is 11.5 Å². The molecule has 0 bridgehead atoms. The highest BCUT2D eigenvalue weighted by Crippen LogP contribution is 2.52. The predicted octanol–water partition coefficient (Wildman–Crippen LogP) is 3.84. The summed E-state index contributed by atoms with van der Waals surface area (Å²) in [6.45, 7) is 3.93. The highest BCUT2D eigenvalue weighted by molar-refractivity contribution is 4.94. The third-order valence-electron chi connectivity index (χ3n) is 7.65. The van der Waals surface area contributed by atoms with Crippen LogP contribution in [0.15, 0.2) is 0 Å². The number of rotatable bonds is 3. The van der Waals surface area contributed by atoms with Crippen molar-refractivity contribution in [2.75, 3.05) is 0 Å². The molecule has 144 valence electrons. The van der Waals surface area contributed by atoms with E-state index in [1.807, 2.05) is 13.8 Å². The molecule has 0 aromatic heterocycles. The Bertz CT molecular complexity index is 465. The Hall–Kier alpha value is -0.160. The number of ether oxygens (including phenoxy) is 2. The van der Waals surface area contributed by atoms with E-state index in [0.717, 1.165) is 24.2 Å². The van der Waals surface area contributed by atoms with Crippen LogP contribution in [0.4, 0.5) is 0 Å². The van der Waals surface area contributed by atoms with Gasteiger partial charge in [0.2, 0.25) is 0 Å². The van der Waals surface area contributed by atoms with Gasteiger partial charge in [0.25, 0.3) is 0 Å². The Morgan fingerprint density at radius 2 is 1.64 bits per heavy atom. The maximum atomic E-state index is 10.9. The minimum atomic E-state index is -0.918. The first-order chi connectivity index (χ1) is 11.9. The standard InChI is InChI=1S/C21H36O4/c1-21(2)12-18(20(23)25-21)24-19(22)16-9-5-8-15-10-13-6-3-4-7-14(13)11-17(15)16/h13-20,22-23H,3-12H2,1-2H3/t13?,14?,15?,16?,17-,18?,19?,20?/m1/s1. The lowest BCUT2D eigenvalue weighted by Gasteiger charge is -2.50. The summed E-state index contributed by atoms with van der Waals surface area (Å²) >= 11 is 0. The Labute approximate surface area is 152 Å². The van der Waals surface area contributed by atoms with Crippen LogP contribution in [0, 0.1) is 29.6 Å². The molecule has 0 amide bonds. The summed E-state index contributed by atoms with van der Waals surface area (Å²) in [5.74, 6) is 3.44. The number of aliphatic hydroxyl groups excluding tert-OH is 2. The lowest BCUT2D eigenvalue weighted by atomic mass is 9.57. The van der Waals surface area contributed by atoms with E-state index in [9.17, 15) is 10.2 Å². The Kier molecular flexibility index (Phi) is 5.18. The van der Waals surface area contributed by atoms with Gasteiger partial charge < -0.3 is 19.7 Å². The van der Waals surface area contributed by atoms with E-state index in [1.165, 1.54) is 51.4 Å². The molecule has 4 fully saturated rings. The molecule has 1 aliphatic heterocycles. The third kappa shape index (κ3) is 3.78. The van der Waals surface area contributed by atoms with E-state index in [2.05, 4.69) is 0 Å². The minimum Gasteiger partial charge on any atom is -0.368 e.